The maximum absolute atomic E-state index is 12.9. The number of hydrogen-bond acceptors (Lipinski definition) is 4. The van der Waals surface area contributed by atoms with Gasteiger partial charge in [-0.2, -0.15) is 0 Å². The molecule has 6 nitrogen and oxygen atoms in total. The van der Waals surface area contributed by atoms with Crippen LogP contribution >= 0.6 is 11.6 Å². The molecule has 1 aliphatic carbocycles. The van der Waals surface area contributed by atoms with Crippen LogP contribution in [0, 0.1) is 0 Å². The summed E-state index contributed by atoms with van der Waals surface area (Å²) in [5.74, 6) is -0.740. The average molecular weight is 680 g/mol. The Labute approximate surface area is 295 Å². The molecular formula is C43H34ClNO5. The summed E-state index contributed by atoms with van der Waals surface area (Å²) in [6.07, 6.45) is -0.734. The van der Waals surface area contributed by atoms with Crippen LogP contribution in [0.2, 0.25) is 5.02 Å². The minimum atomic E-state index is -1.20. The molecule has 0 saturated heterocycles. The first-order valence-corrected chi connectivity index (χ1v) is 16.8. The number of carbonyl (C=O) groups excluding carboxylic acids is 1. The van der Waals surface area contributed by atoms with E-state index in [1.807, 2.05) is 121 Å². The molecule has 0 spiro atoms. The van der Waals surface area contributed by atoms with E-state index in [9.17, 15) is 14.7 Å². The van der Waals surface area contributed by atoms with Crippen LogP contribution in [0.3, 0.4) is 0 Å². The Hall–Kier alpha value is -5.85. The number of aliphatic carboxylic acids is 1. The van der Waals surface area contributed by atoms with Crippen molar-refractivity contribution in [3.63, 3.8) is 0 Å². The fourth-order valence-electron chi connectivity index (χ4n) is 6.83. The Morgan fingerprint density at radius 1 is 0.680 bits per heavy atom. The van der Waals surface area contributed by atoms with Gasteiger partial charge < -0.3 is 19.9 Å². The van der Waals surface area contributed by atoms with Gasteiger partial charge in [0.05, 0.1) is 0 Å². The minimum absolute atomic E-state index is 0.0484. The fraction of sp³-hybridized carbons (Fsp3) is 0.116. The Kier molecular flexibility index (Phi) is 9.37. The van der Waals surface area contributed by atoms with Gasteiger partial charge in [-0.25, -0.2) is 9.59 Å². The molecule has 1 amide bonds. The van der Waals surface area contributed by atoms with Gasteiger partial charge in [0, 0.05) is 34.1 Å². The van der Waals surface area contributed by atoms with Crippen LogP contribution in [0.25, 0.3) is 11.1 Å². The third-order valence-electron chi connectivity index (χ3n) is 9.18. The van der Waals surface area contributed by atoms with Crippen LogP contribution < -0.4 is 10.1 Å². The van der Waals surface area contributed by atoms with E-state index in [2.05, 4.69) is 17.4 Å². The summed E-state index contributed by atoms with van der Waals surface area (Å²) in [7, 11) is 0. The third-order valence-corrected chi connectivity index (χ3v) is 9.51. The molecule has 0 aliphatic heterocycles. The highest BCUT2D eigenvalue weighted by atomic mass is 35.5. The summed E-state index contributed by atoms with van der Waals surface area (Å²) in [6.45, 7) is 0.0915. The lowest BCUT2D eigenvalue weighted by atomic mass is 9.80. The number of benzene rings is 6. The Morgan fingerprint density at radius 2 is 1.20 bits per heavy atom. The maximum Gasteiger partial charge on any atom is 0.407 e. The number of hydrogen-bond donors (Lipinski definition) is 2. The molecule has 7 rings (SSSR count). The first kappa shape index (κ1) is 32.7. The molecule has 6 aromatic rings. The number of alkyl carbamates (subject to hydrolysis) is 1. The number of rotatable bonds is 11. The zero-order chi connectivity index (χ0) is 34.5. The monoisotopic (exact) mass is 679 g/mol. The summed E-state index contributed by atoms with van der Waals surface area (Å²) in [5.41, 5.74) is 6.57. The van der Waals surface area contributed by atoms with E-state index in [-0.39, 0.29) is 18.9 Å². The van der Waals surface area contributed by atoms with Gasteiger partial charge in [-0.15, -0.1) is 0 Å². The van der Waals surface area contributed by atoms with E-state index >= 15 is 0 Å². The molecule has 0 unspecified atom stereocenters. The number of carbonyl (C=O) groups is 2. The van der Waals surface area contributed by atoms with E-state index in [0.717, 1.165) is 38.9 Å². The van der Waals surface area contributed by atoms with Gasteiger partial charge in [-0.3, -0.25) is 0 Å². The Balaban J connectivity index is 1.09. The van der Waals surface area contributed by atoms with Crippen molar-refractivity contribution < 1.29 is 24.2 Å². The summed E-state index contributed by atoms with van der Waals surface area (Å²) in [5, 5.41) is 13.1. The molecule has 0 aromatic heterocycles. The third kappa shape index (κ3) is 6.46. The molecular weight excluding hydrogens is 646 g/mol. The molecule has 7 heteroatoms. The highest BCUT2D eigenvalue weighted by molar-refractivity contribution is 6.31. The predicted molar refractivity (Wildman–Crippen MR) is 195 cm³/mol. The van der Waals surface area contributed by atoms with Crippen molar-refractivity contribution in [2.45, 2.75) is 24.0 Å². The number of carboxylic acids is 1. The number of ether oxygens (including phenoxy) is 2. The summed E-state index contributed by atoms with van der Waals surface area (Å²) >= 11 is 6.85. The van der Waals surface area contributed by atoms with Crippen molar-refractivity contribution in [1.29, 1.82) is 0 Å². The average Bonchev–Trinajstić information content (AvgIpc) is 3.48. The van der Waals surface area contributed by atoms with E-state index in [1.165, 1.54) is 0 Å². The number of nitrogens with one attached hydrogen (secondary N) is 1. The number of halogens is 1. The van der Waals surface area contributed by atoms with E-state index < -0.39 is 23.7 Å². The van der Waals surface area contributed by atoms with Gasteiger partial charge in [0.25, 0.3) is 0 Å². The molecule has 0 radical (unpaired) electrons. The smallest absolute Gasteiger partial charge is 0.407 e. The van der Waals surface area contributed by atoms with Gasteiger partial charge in [0.2, 0.25) is 0 Å². The molecule has 0 saturated carbocycles. The molecule has 50 heavy (non-hydrogen) atoms. The first-order valence-electron chi connectivity index (χ1n) is 16.4. The molecule has 1 atom stereocenters. The van der Waals surface area contributed by atoms with Crippen molar-refractivity contribution in [3.8, 4) is 16.9 Å². The van der Waals surface area contributed by atoms with Crippen molar-refractivity contribution in [2.75, 3.05) is 6.61 Å². The quantitative estimate of drug-likeness (QED) is 0.133. The molecule has 0 fully saturated rings. The Bertz CT molecular complexity index is 2030. The zero-order valence-corrected chi connectivity index (χ0v) is 27.8. The topological polar surface area (TPSA) is 84.9 Å². The Morgan fingerprint density at radius 3 is 1.76 bits per heavy atom. The summed E-state index contributed by atoms with van der Waals surface area (Å²) in [4.78, 5) is 25.2. The molecule has 0 bridgehead atoms. The molecule has 2 N–H and O–H groups in total. The molecule has 1 aliphatic rings. The van der Waals surface area contributed by atoms with E-state index in [4.69, 9.17) is 21.1 Å². The standard InChI is InChI=1S/C43H34ClNO5/c44-39-22-12-11-21-38(39)43(30-13-3-1-4-14-30,31-15-5-2-6-16-31)50-32-25-23-29(24-26-32)27-40(41(46)47)45-42(48)49-28-37-35-19-9-7-17-33(35)34-18-8-10-20-36(34)37/h1-26,37,40H,27-28H2,(H,45,48)(H,46,47)/t40-/m1/s1. The highest BCUT2D eigenvalue weighted by Gasteiger charge is 2.40. The van der Waals surface area contributed by atoms with Crippen LogP contribution in [-0.2, 0) is 21.6 Å². The number of fused-ring (bicyclic) bond motifs is 3. The van der Waals surface area contributed by atoms with Crippen LogP contribution in [0.4, 0.5) is 4.79 Å². The molecule has 6 aromatic carbocycles. The summed E-state index contributed by atoms with van der Waals surface area (Å²) in [6, 6.07) is 49.6. The van der Waals surface area contributed by atoms with Crippen LogP contribution in [0.1, 0.15) is 39.3 Å². The van der Waals surface area contributed by atoms with Gasteiger partial charge in [0.15, 0.2) is 5.60 Å². The number of amides is 1. The first-order chi connectivity index (χ1) is 24.4. The van der Waals surface area contributed by atoms with Crippen molar-refractivity contribution in [3.05, 3.63) is 196 Å². The minimum Gasteiger partial charge on any atom is -0.480 e. The second kappa shape index (κ2) is 14.3. The maximum atomic E-state index is 12.9. The lowest BCUT2D eigenvalue weighted by molar-refractivity contribution is -0.139. The van der Waals surface area contributed by atoms with Crippen LogP contribution in [0.15, 0.2) is 158 Å². The lowest BCUT2D eigenvalue weighted by Crippen LogP contribution is -2.42. The largest absolute Gasteiger partial charge is 0.480 e. The SMILES string of the molecule is O=C(N[C@H](Cc1ccc(OC(c2ccccc2)(c2ccccc2)c2ccccc2Cl)cc1)C(=O)O)OCC1c2ccccc2-c2ccccc21. The fourth-order valence-corrected chi connectivity index (χ4v) is 7.10. The highest BCUT2D eigenvalue weighted by Crippen LogP contribution is 2.45. The van der Waals surface area contributed by atoms with Gasteiger partial charge in [-0.05, 0) is 46.0 Å². The van der Waals surface area contributed by atoms with Gasteiger partial charge >= 0.3 is 12.1 Å². The zero-order valence-electron chi connectivity index (χ0n) is 27.0. The van der Waals surface area contributed by atoms with Gasteiger partial charge in [-0.1, -0.05) is 151 Å². The number of carboxylic acid groups (broad SMARTS) is 1. The molecule has 0 heterocycles. The second-order valence-electron chi connectivity index (χ2n) is 12.2. The van der Waals surface area contributed by atoms with E-state index in [1.54, 1.807) is 24.3 Å². The molecule has 248 valence electrons. The summed E-state index contributed by atoms with van der Waals surface area (Å²) < 4.78 is 12.6. The van der Waals surface area contributed by atoms with Gasteiger partial charge in [0.1, 0.15) is 18.4 Å². The van der Waals surface area contributed by atoms with Crippen molar-refractivity contribution in [2.24, 2.45) is 0 Å². The second-order valence-corrected chi connectivity index (χ2v) is 12.6. The van der Waals surface area contributed by atoms with E-state index in [0.29, 0.717) is 16.3 Å². The van der Waals surface area contributed by atoms with Crippen molar-refractivity contribution >= 4 is 23.7 Å². The normalized spacial score (nSPS) is 12.7. The lowest BCUT2D eigenvalue weighted by Gasteiger charge is -2.37. The van der Waals surface area contributed by atoms with Crippen molar-refractivity contribution in [1.82, 2.24) is 5.32 Å². The predicted octanol–water partition coefficient (Wildman–Crippen LogP) is 9.25. The van der Waals surface area contributed by atoms with Crippen LogP contribution in [0.5, 0.6) is 5.75 Å². The van der Waals surface area contributed by atoms with Crippen LogP contribution in [-0.4, -0.2) is 29.8 Å².